The molecule has 1 heterocycles. The summed E-state index contributed by atoms with van der Waals surface area (Å²) < 4.78 is 11.0. The number of aliphatic hydroxyl groups excluding tert-OH is 3. The lowest BCUT2D eigenvalue weighted by Gasteiger charge is -2.24. The molecule has 0 amide bonds. The van der Waals surface area contributed by atoms with E-state index >= 15 is 0 Å². The number of aliphatic hydroxyl groups is 3. The molecule has 0 saturated carbocycles. The summed E-state index contributed by atoms with van der Waals surface area (Å²) in [6.07, 6.45) is 17.2. The van der Waals surface area contributed by atoms with E-state index in [1.54, 1.807) is 0 Å². The minimum atomic E-state index is -1.07. The van der Waals surface area contributed by atoms with Crippen LogP contribution in [-0.2, 0) is 9.47 Å². The third-order valence-corrected chi connectivity index (χ3v) is 6.28. The van der Waals surface area contributed by atoms with E-state index in [2.05, 4.69) is 6.92 Å². The quantitative estimate of drug-likeness (QED) is 0.190. The molecule has 5 nitrogen and oxygen atoms in total. The molecule has 0 aromatic rings. The van der Waals surface area contributed by atoms with Crippen molar-refractivity contribution in [2.45, 2.75) is 134 Å². The van der Waals surface area contributed by atoms with E-state index in [4.69, 9.17) is 26.8 Å². The predicted octanol–water partition coefficient (Wildman–Crippen LogP) is 5.07. The number of hydrogen-bond acceptors (Lipinski definition) is 6. The number of ether oxygens (including phenoxy) is 2. The Bertz CT molecular complexity index is 420. The van der Waals surface area contributed by atoms with E-state index < -0.39 is 31.0 Å². The molecule has 1 aliphatic heterocycles. The maximum atomic E-state index is 9.95. The Labute approximate surface area is 189 Å². The molecule has 6 heteroatoms. The first-order valence-electron chi connectivity index (χ1n) is 12.4. The topological polar surface area (TPSA) is 79.2 Å². The molecule has 4 atom stereocenters. The van der Waals surface area contributed by atoms with Crippen LogP contribution in [-0.4, -0.2) is 58.0 Å². The van der Waals surface area contributed by atoms with Crippen molar-refractivity contribution in [3.63, 3.8) is 0 Å². The first kappa shape index (κ1) is 27.8. The zero-order chi connectivity index (χ0) is 22.0. The van der Waals surface area contributed by atoms with Gasteiger partial charge in [-0.05, 0) is 18.6 Å². The third-order valence-electron chi connectivity index (χ3n) is 5.98. The molecule has 0 spiro atoms. The molecule has 30 heavy (non-hydrogen) atoms. The van der Waals surface area contributed by atoms with Gasteiger partial charge in [0.25, 0.3) is 0 Å². The Kier molecular flexibility index (Phi) is 17.0. The van der Waals surface area contributed by atoms with Crippen LogP contribution in [0.1, 0.15) is 110 Å². The summed E-state index contributed by atoms with van der Waals surface area (Å²) in [5, 5.41) is 29.3. The molecular formula is C24H46O5S. The second-order valence-corrected chi connectivity index (χ2v) is 9.22. The second-order valence-electron chi connectivity index (χ2n) is 8.77. The van der Waals surface area contributed by atoms with Gasteiger partial charge in [-0.2, -0.15) is 0 Å². The van der Waals surface area contributed by atoms with Crippen LogP contribution in [0.3, 0.4) is 0 Å². The van der Waals surface area contributed by atoms with E-state index in [0.717, 1.165) is 12.8 Å². The van der Waals surface area contributed by atoms with Crippen LogP contribution in [0, 0.1) is 0 Å². The van der Waals surface area contributed by atoms with Crippen LogP contribution in [0.15, 0.2) is 0 Å². The van der Waals surface area contributed by atoms with Crippen LogP contribution in [0.2, 0.25) is 0 Å². The molecule has 1 aliphatic rings. The van der Waals surface area contributed by atoms with Gasteiger partial charge in [0, 0.05) is 6.42 Å². The zero-order valence-electron chi connectivity index (χ0n) is 19.1. The van der Waals surface area contributed by atoms with Crippen LogP contribution >= 0.6 is 12.2 Å². The molecule has 0 radical (unpaired) electrons. The fourth-order valence-electron chi connectivity index (χ4n) is 4.05. The van der Waals surface area contributed by atoms with Crippen molar-refractivity contribution in [3.05, 3.63) is 0 Å². The lowest BCUT2D eigenvalue weighted by atomic mass is 10.0. The molecule has 1 fully saturated rings. The average molecular weight is 447 g/mol. The molecule has 1 rings (SSSR count). The van der Waals surface area contributed by atoms with Crippen molar-refractivity contribution in [2.24, 2.45) is 0 Å². The summed E-state index contributed by atoms with van der Waals surface area (Å²) in [7, 11) is 0. The van der Waals surface area contributed by atoms with E-state index in [0.29, 0.717) is 11.5 Å². The van der Waals surface area contributed by atoms with Gasteiger partial charge < -0.3 is 24.8 Å². The number of rotatable bonds is 19. The summed E-state index contributed by atoms with van der Waals surface area (Å²) in [5.41, 5.74) is 0. The summed E-state index contributed by atoms with van der Waals surface area (Å²) in [4.78, 5) is 0. The van der Waals surface area contributed by atoms with Crippen molar-refractivity contribution in [1.29, 1.82) is 0 Å². The Morgan fingerprint density at radius 2 is 1.37 bits per heavy atom. The first-order chi connectivity index (χ1) is 14.6. The number of thiocarbonyl (C=S) groups is 1. The standard InChI is InChI=1S/C24H46O5S/c1-2-3-4-5-6-7-8-9-10-11-12-13-14-15-16-17-22(30)29-24-21(27)19-28-23(24)20(26)18-25/h20-21,23-27H,2-19H2,1H3/t20-,21+,23-,24-/m1/s1. The number of hydrogen-bond donors (Lipinski definition) is 3. The highest BCUT2D eigenvalue weighted by Gasteiger charge is 2.42. The van der Waals surface area contributed by atoms with Crippen molar-refractivity contribution >= 4 is 17.3 Å². The van der Waals surface area contributed by atoms with Crippen LogP contribution in [0.25, 0.3) is 0 Å². The summed E-state index contributed by atoms with van der Waals surface area (Å²) in [6, 6.07) is 0. The van der Waals surface area contributed by atoms with Gasteiger partial charge in [-0.1, -0.05) is 96.8 Å². The van der Waals surface area contributed by atoms with Crippen molar-refractivity contribution < 1.29 is 24.8 Å². The van der Waals surface area contributed by atoms with E-state index in [-0.39, 0.29) is 6.61 Å². The molecule has 0 bridgehead atoms. The maximum Gasteiger partial charge on any atom is 0.160 e. The van der Waals surface area contributed by atoms with Gasteiger partial charge in [-0.25, -0.2) is 0 Å². The summed E-state index contributed by atoms with van der Waals surface area (Å²) in [5.74, 6) is 0. The molecule has 0 unspecified atom stereocenters. The smallest absolute Gasteiger partial charge is 0.160 e. The Morgan fingerprint density at radius 1 is 0.900 bits per heavy atom. The van der Waals surface area contributed by atoms with E-state index in [1.807, 2.05) is 0 Å². The highest BCUT2D eigenvalue weighted by molar-refractivity contribution is 7.80. The minimum absolute atomic E-state index is 0.0912. The van der Waals surface area contributed by atoms with Gasteiger partial charge in [0.2, 0.25) is 0 Å². The van der Waals surface area contributed by atoms with Crippen LogP contribution in [0.5, 0.6) is 0 Å². The SMILES string of the molecule is CCCCCCCCCCCCCCCCCC(=S)O[C@H]1[C@@H]([C@H](O)CO)OC[C@@H]1O. The average Bonchev–Trinajstić information content (AvgIpc) is 3.10. The third kappa shape index (κ3) is 12.6. The molecule has 1 saturated heterocycles. The van der Waals surface area contributed by atoms with Gasteiger partial charge >= 0.3 is 0 Å². The van der Waals surface area contributed by atoms with Crippen molar-refractivity contribution in [1.82, 2.24) is 0 Å². The largest absolute Gasteiger partial charge is 0.478 e. The lowest BCUT2D eigenvalue weighted by molar-refractivity contribution is -0.0642. The summed E-state index contributed by atoms with van der Waals surface area (Å²) >= 11 is 5.29. The van der Waals surface area contributed by atoms with Crippen LogP contribution < -0.4 is 0 Å². The van der Waals surface area contributed by atoms with Crippen LogP contribution in [0.4, 0.5) is 0 Å². The summed E-state index contributed by atoms with van der Waals surface area (Å²) in [6.45, 7) is 1.93. The fraction of sp³-hybridized carbons (Fsp3) is 0.958. The molecule has 3 N–H and O–H groups in total. The maximum absolute atomic E-state index is 9.95. The predicted molar refractivity (Wildman–Crippen MR) is 126 cm³/mol. The zero-order valence-corrected chi connectivity index (χ0v) is 19.9. The fourth-order valence-corrected chi connectivity index (χ4v) is 4.30. The van der Waals surface area contributed by atoms with E-state index in [1.165, 1.54) is 83.5 Å². The number of unbranched alkanes of at least 4 members (excludes halogenated alkanes) is 14. The molecule has 0 aliphatic carbocycles. The Balaban J connectivity index is 1.91. The van der Waals surface area contributed by atoms with Gasteiger partial charge in [0.15, 0.2) is 11.2 Å². The van der Waals surface area contributed by atoms with Gasteiger partial charge in [0.1, 0.15) is 18.3 Å². The van der Waals surface area contributed by atoms with Gasteiger partial charge in [0.05, 0.1) is 13.2 Å². The lowest BCUT2D eigenvalue weighted by Crippen LogP contribution is -2.43. The highest BCUT2D eigenvalue weighted by atomic mass is 32.1. The van der Waals surface area contributed by atoms with Crippen molar-refractivity contribution in [3.8, 4) is 0 Å². The monoisotopic (exact) mass is 446 g/mol. The molecule has 0 aromatic heterocycles. The van der Waals surface area contributed by atoms with Gasteiger partial charge in [-0.15, -0.1) is 0 Å². The highest BCUT2D eigenvalue weighted by Crippen LogP contribution is 2.22. The molecule has 0 aromatic carbocycles. The normalized spacial score (nSPS) is 22.3. The molecule has 178 valence electrons. The first-order valence-corrected chi connectivity index (χ1v) is 12.8. The second kappa shape index (κ2) is 18.3. The van der Waals surface area contributed by atoms with E-state index in [9.17, 15) is 10.2 Å². The Hall–Kier alpha value is -0.270. The molecular weight excluding hydrogens is 400 g/mol. The Morgan fingerprint density at radius 3 is 1.83 bits per heavy atom. The van der Waals surface area contributed by atoms with Crippen molar-refractivity contribution in [2.75, 3.05) is 13.2 Å². The van der Waals surface area contributed by atoms with Gasteiger partial charge in [-0.3, -0.25) is 0 Å². The minimum Gasteiger partial charge on any atom is -0.478 e.